The molecule has 0 aromatic heterocycles. The third-order valence-electron chi connectivity index (χ3n) is 3.81. The van der Waals surface area contributed by atoms with Gasteiger partial charge in [0.1, 0.15) is 0 Å². The predicted molar refractivity (Wildman–Crippen MR) is 82.5 cm³/mol. The fourth-order valence-electron chi connectivity index (χ4n) is 2.51. The number of piperidine rings is 1. The van der Waals surface area contributed by atoms with Crippen molar-refractivity contribution in [3.63, 3.8) is 0 Å². The number of nitrogens with one attached hydrogen (secondary N) is 1. The van der Waals surface area contributed by atoms with Crippen molar-refractivity contribution in [1.29, 1.82) is 0 Å². The van der Waals surface area contributed by atoms with Gasteiger partial charge in [-0.15, -0.1) is 0 Å². The first-order valence-electron chi connectivity index (χ1n) is 6.99. The van der Waals surface area contributed by atoms with E-state index < -0.39 is 0 Å². The molecule has 1 fully saturated rings. The van der Waals surface area contributed by atoms with Crippen LogP contribution >= 0.6 is 15.9 Å². The highest BCUT2D eigenvalue weighted by Gasteiger charge is 2.22. The zero-order valence-electron chi connectivity index (χ0n) is 11.7. The third kappa shape index (κ3) is 3.96. The Balaban J connectivity index is 1.90. The van der Waals surface area contributed by atoms with E-state index >= 15 is 0 Å². The zero-order valence-corrected chi connectivity index (χ0v) is 13.3. The van der Waals surface area contributed by atoms with Gasteiger partial charge < -0.3 is 15.3 Å². The van der Waals surface area contributed by atoms with E-state index in [1.54, 1.807) is 4.90 Å². The fraction of sp³-hybridized carbons (Fsp3) is 0.533. The molecule has 1 aliphatic heterocycles. The summed E-state index contributed by atoms with van der Waals surface area (Å²) in [6.07, 6.45) is 1.97. The molecule has 0 spiro atoms. The van der Waals surface area contributed by atoms with Crippen molar-refractivity contribution in [2.45, 2.75) is 26.3 Å². The fourth-order valence-corrected chi connectivity index (χ4v) is 2.92. The van der Waals surface area contributed by atoms with Crippen LogP contribution < -0.4 is 5.32 Å². The summed E-state index contributed by atoms with van der Waals surface area (Å²) >= 11 is 3.45. The van der Waals surface area contributed by atoms with Crippen LogP contribution in [-0.4, -0.2) is 35.7 Å². The number of likely N-dealkylation sites (tertiary alicyclic amines) is 1. The number of carbonyl (C=O) groups is 1. The number of hydrogen-bond acceptors (Lipinski definition) is 2. The van der Waals surface area contributed by atoms with E-state index in [2.05, 4.69) is 21.2 Å². The molecule has 0 aliphatic carbocycles. The van der Waals surface area contributed by atoms with Gasteiger partial charge in [0.2, 0.25) is 0 Å². The second-order valence-electron chi connectivity index (χ2n) is 5.37. The van der Waals surface area contributed by atoms with Crippen molar-refractivity contribution in [3.8, 4) is 0 Å². The minimum absolute atomic E-state index is 0.0393. The number of carbonyl (C=O) groups excluding carboxylic acids is 1. The van der Waals surface area contributed by atoms with Crippen LogP contribution in [0.15, 0.2) is 22.7 Å². The summed E-state index contributed by atoms with van der Waals surface area (Å²) < 4.78 is 1.02. The summed E-state index contributed by atoms with van der Waals surface area (Å²) in [7, 11) is 0. The number of halogens is 1. The van der Waals surface area contributed by atoms with Gasteiger partial charge >= 0.3 is 6.03 Å². The van der Waals surface area contributed by atoms with Crippen molar-refractivity contribution in [3.05, 3.63) is 33.8 Å². The Morgan fingerprint density at radius 1 is 1.55 bits per heavy atom. The number of aliphatic hydroxyl groups is 1. The maximum atomic E-state index is 12.2. The van der Waals surface area contributed by atoms with Gasteiger partial charge in [-0.25, -0.2) is 4.79 Å². The zero-order chi connectivity index (χ0) is 14.5. The summed E-state index contributed by atoms with van der Waals surface area (Å²) in [5.74, 6) is 0.224. The number of amides is 2. The molecule has 1 unspecified atom stereocenters. The molecule has 4 nitrogen and oxygen atoms in total. The Hall–Kier alpha value is -1.07. The predicted octanol–water partition coefficient (Wildman–Crippen LogP) is 2.67. The lowest BCUT2D eigenvalue weighted by molar-refractivity contribution is 0.129. The van der Waals surface area contributed by atoms with Crippen molar-refractivity contribution in [2.75, 3.05) is 19.7 Å². The molecule has 1 aliphatic rings. The molecule has 0 radical (unpaired) electrons. The van der Waals surface area contributed by atoms with E-state index in [0.717, 1.165) is 29.4 Å². The lowest BCUT2D eigenvalue weighted by Crippen LogP contribution is -2.46. The minimum Gasteiger partial charge on any atom is -0.396 e. The summed E-state index contributed by atoms with van der Waals surface area (Å²) in [5.41, 5.74) is 2.28. The Bertz CT molecular complexity index is 479. The molecule has 1 heterocycles. The van der Waals surface area contributed by atoms with Gasteiger partial charge in [0.25, 0.3) is 0 Å². The Morgan fingerprint density at radius 3 is 3.10 bits per heavy atom. The second-order valence-corrected chi connectivity index (χ2v) is 6.28. The molecule has 2 rings (SSSR count). The Morgan fingerprint density at radius 2 is 2.35 bits per heavy atom. The summed E-state index contributed by atoms with van der Waals surface area (Å²) in [5, 5.41) is 12.2. The third-order valence-corrected chi connectivity index (χ3v) is 4.30. The lowest BCUT2D eigenvalue weighted by Gasteiger charge is -2.31. The van der Waals surface area contributed by atoms with E-state index in [0.29, 0.717) is 13.1 Å². The maximum Gasteiger partial charge on any atom is 0.317 e. The molecule has 1 atom stereocenters. The van der Waals surface area contributed by atoms with Crippen molar-refractivity contribution < 1.29 is 9.90 Å². The smallest absolute Gasteiger partial charge is 0.317 e. The molecule has 5 heteroatoms. The van der Waals surface area contributed by atoms with Crippen molar-refractivity contribution in [1.82, 2.24) is 10.2 Å². The summed E-state index contributed by atoms with van der Waals surface area (Å²) in [6, 6.07) is 6.02. The Kier molecular flexibility index (Phi) is 5.43. The molecule has 20 heavy (non-hydrogen) atoms. The van der Waals surface area contributed by atoms with Crippen LogP contribution in [0.3, 0.4) is 0 Å². The van der Waals surface area contributed by atoms with Gasteiger partial charge in [-0.3, -0.25) is 0 Å². The van der Waals surface area contributed by atoms with Crippen molar-refractivity contribution in [2.24, 2.45) is 5.92 Å². The van der Waals surface area contributed by atoms with Crippen LogP contribution in [0.1, 0.15) is 24.0 Å². The van der Waals surface area contributed by atoms with Crippen LogP contribution in [0.5, 0.6) is 0 Å². The highest BCUT2D eigenvalue weighted by atomic mass is 79.9. The van der Waals surface area contributed by atoms with Crippen LogP contribution in [0, 0.1) is 12.8 Å². The van der Waals surface area contributed by atoms with Gasteiger partial charge in [0, 0.05) is 30.7 Å². The average molecular weight is 341 g/mol. The highest BCUT2D eigenvalue weighted by Crippen LogP contribution is 2.17. The number of nitrogens with zero attached hydrogens (tertiary/aromatic N) is 1. The maximum absolute atomic E-state index is 12.2. The van der Waals surface area contributed by atoms with Crippen molar-refractivity contribution >= 4 is 22.0 Å². The van der Waals surface area contributed by atoms with Gasteiger partial charge in [-0.05, 0) is 48.9 Å². The Labute approximate surface area is 128 Å². The lowest BCUT2D eigenvalue weighted by atomic mass is 9.99. The van der Waals surface area contributed by atoms with E-state index in [4.69, 9.17) is 0 Å². The van der Waals surface area contributed by atoms with E-state index in [1.165, 1.54) is 5.56 Å². The van der Waals surface area contributed by atoms with Gasteiger partial charge in [-0.1, -0.05) is 22.0 Å². The van der Waals surface area contributed by atoms with Gasteiger partial charge in [-0.2, -0.15) is 0 Å². The molecule has 1 aromatic rings. The number of benzene rings is 1. The molecule has 1 saturated heterocycles. The first kappa shape index (κ1) is 15.3. The van der Waals surface area contributed by atoms with Gasteiger partial charge in [0.15, 0.2) is 0 Å². The standard InChI is InChI=1S/C15H21BrN2O2/c1-11-4-5-14(16)7-13(11)8-17-15(20)18-6-2-3-12(9-18)10-19/h4-5,7,12,19H,2-3,6,8-10H2,1H3,(H,17,20). The molecule has 0 bridgehead atoms. The number of hydrogen-bond donors (Lipinski definition) is 2. The van der Waals surface area contributed by atoms with Crippen LogP contribution in [0.2, 0.25) is 0 Å². The second kappa shape index (κ2) is 7.09. The topological polar surface area (TPSA) is 52.6 Å². The van der Waals surface area contributed by atoms with Crippen LogP contribution in [-0.2, 0) is 6.54 Å². The molecule has 1 aromatic carbocycles. The molecule has 2 N–H and O–H groups in total. The van der Waals surface area contributed by atoms with E-state index in [-0.39, 0.29) is 18.6 Å². The van der Waals surface area contributed by atoms with E-state index in [9.17, 15) is 9.90 Å². The number of aliphatic hydroxyl groups excluding tert-OH is 1. The average Bonchev–Trinajstić information content (AvgIpc) is 2.48. The monoisotopic (exact) mass is 340 g/mol. The highest BCUT2D eigenvalue weighted by molar-refractivity contribution is 9.10. The van der Waals surface area contributed by atoms with E-state index in [1.807, 2.05) is 25.1 Å². The molecular formula is C15H21BrN2O2. The minimum atomic E-state index is -0.0393. The number of urea groups is 1. The van der Waals surface area contributed by atoms with Crippen LogP contribution in [0.4, 0.5) is 4.79 Å². The first-order valence-corrected chi connectivity index (χ1v) is 7.78. The molecule has 0 saturated carbocycles. The van der Waals surface area contributed by atoms with Gasteiger partial charge in [0.05, 0.1) is 0 Å². The summed E-state index contributed by atoms with van der Waals surface area (Å²) in [4.78, 5) is 14.0. The SMILES string of the molecule is Cc1ccc(Br)cc1CNC(=O)N1CCCC(CO)C1. The summed E-state index contributed by atoms with van der Waals surface area (Å²) in [6.45, 7) is 4.16. The molecule has 2 amide bonds. The van der Waals surface area contributed by atoms with Crippen LogP contribution in [0.25, 0.3) is 0 Å². The number of rotatable bonds is 3. The quantitative estimate of drug-likeness (QED) is 0.888. The molecule has 110 valence electrons. The number of aryl methyl sites for hydroxylation is 1. The largest absolute Gasteiger partial charge is 0.396 e. The normalized spacial score (nSPS) is 18.9. The molecular weight excluding hydrogens is 320 g/mol. The first-order chi connectivity index (χ1) is 9.60.